The van der Waals surface area contributed by atoms with Gasteiger partial charge in [0.25, 0.3) is 0 Å². The van der Waals surface area contributed by atoms with Gasteiger partial charge in [-0.05, 0) is 193 Å². The Balaban J connectivity index is 0.939. The lowest BCUT2D eigenvalue weighted by Crippen LogP contribution is -2.50. The average Bonchev–Trinajstić information content (AvgIpc) is 1.46. The number of rotatable bonds is 9. The van der Waals surface area contributed by atoms with Crippen molar-refractivity contribution in [1.82, 2.24) is 0 Å². The minimum Gasteiger partial charge on any atom is -0.310 e. The molecule has 0 heterocycles. The van der Waals surface area contributed by atoms with Gasteiger partial charge in [-0.25, -0.2) is 0 Å². The van der Waals surface area contributed by atoms with Crippen LogP contribution in [0.4, 0.5) is 34.1 Å². The Kier molecular flexibility index (Phi) is 12.0. The van der Waals surface area contributed by atoms with Gasteiger partial charge < -0.3 is 9.80 Å². The van der Waals surface area contributed by atoms with Crippen LogP contribution in [0.25, 0.3) is 87.6 Å². The van der Waals surface area contributed by atoms with Crippen LogP contribution in [0.15, 0.2) is 340 Å². The molecular weight excluding hydrogens is 1180 g/mol. The van der Waals surface area contributed by atoms with Crippen molar-refractivity contribution in [2.24, 2.45) is 0 Å². The second-order valence-corrected chi connectivity index (χ2v) is 28.6. The molecule has 0 spiro atoms. The van der Waals surface area contributed by atoms with Crippen LogP contribution in [0.5, 0.6) is 0 Å². The van der Waals surface area contributed by atoms with Gasteiger partial charge in [-0.2, -0.15) is 0 Å². The highest BCUT2D eigenvalue weighted by Gasteiger charge is 2.65. The summed E-state index contributed by atoms with van der Waals surface area (Å²) in [6, 6.07) is 131. The van der Waals surface area contributed by atoms with Crippen molar-refractivity contribution in [3.05, 3.63) is 395 Å². The van der Waals surface area contributed by atoms with E-state index in [1.807, 2.05) is 0 Å². The Bertz CT molecular complexity index is 5660. The van der Waals surface area contributed by atoms with Gasteiger partial charge in [-0.15, -0.1) is 0 Å². The van der Waals surface area contributed by atoms with E-state index in [0.717, 1.165) is 34.1 Å². The number of benzene rings is 16. The molecule has 0 fully saturated rings. The van der Waals surface area contributed by atoms with Gasteiger partial charge in [0.05, 0.1) is 22.2 Å². The maximum atomic E-state index is 2.66. The maximum Gasteiger partial charge on any atom is 0.0642 e. The molecule has 0 amide bonds. The van der Waals surface area contributed by atoms with Gasteiger partial charge in [-0.1, -0.05) is 307 Å². The van der Waals surface area contributed by atoms with E-state index in [-0.39, 0.29) is 10.8 Å². The summed E-state index contributed by atoms with van der Waals surface area (Å²) in [6.45, 7) is 9.61. The predicted octanol–water partition coefficient (Wildman–Crippen LogP) is 25.2. The van der Waals surface area contributed by atoms with E-state index in [2.05, 4.69) is 377 Å². The van der Waals surface area contributed by atoms with Crippen LogP contribution < -0.4 is 9.80 Å². The number of hydrogen-bond acceptors (Lipinski definition) is 2. The molecule has 0 aromatic heterocycles. The fraction of sp³-hybridized carbons (Fsp3) is 0.0833. The summed E-state index contributed by atoms with van der Waals surface area (Å²) in [7, 11) is 0. The highest BCUT2D eigenvalue weighted by atomic mass is 15.2. The predicted molar refractivity (Wildman–Crippen MR) is 411 cm³/mol. The lowest BCUT2D eigenvalue weighted by atomic mass is 9.49. The van der Waals surface area contributed by atoms with Crippen LogP contribution in [-0.2, 0) is 21.7 Å². The molecule has 0 N–H and O–H groups in total. The van der Waals surface area contributed by atoms with Crippen molar-refractivity contribution in [1.29, 1.82) is 0 Å². The summed E-state index contributed by atoms with van der Waals surface area (Å²) in [5, 5.41) is 9.59. The number of anilines is 6. The fourth-order valence-corrected chi connectivity index (χ4v) is 19.0. The van der Waals surface area contributed by atoms with Crippen LogP contribution in [0.1, 0.15) is 83.3 Å². The van der Waals surface area contributed by atoms with Crippen molar-refractivity contribution >= 4 is 77.2 Å². The summed E-state index contributed by atoms with van der Waals surface area (Å²) in [5.41, 5.74) is 27.4. The first-order valence-electron chi connectivity index (χ1n) is 34.6. The first-order chi connectivity index (χ1) is 48.1. The van der Waals surface area contributed by atoms with E-state index in [4.69, 9.17) is 0 Å². The highest BCUT2D eigenvalue weighted by molar-refractivity contribution is 6.15. The third-order valence-corrected chi connectivity index (χ3v) is 23.1. The maximum absolute atomic E-state index is 2.66. The van der Waals surface area contributed by atoms with Crippen LogP contribution in [0, 0.1) is 0 Å². The summed E-state index contributed by atoms with van der Waals surface area (Å²) in [4.78, 5) is 5.20. The smallest absolute Gasteiger partial charge is 0.0642 e. The summed E-state index contributed by atoms with van der Waals surface area (Å²) in [6.07, 6.45) is 0. The van der Waals surface area contributed by atoms with Gasteiger partial charge in [0.15, 0.2) is 0 Å². The van der Waals surface area contributed by atoms with E-state index in [9.17, 15) is 0 Å². The van der Waals surface area contributed by atoms with E-state index >= 15 is 0 Å². The quantitative estimate of drug-likeness (QED) is 0.142. The van der Waals surface area contributed by atoms with E-state index < -0.39 is 10.8 Å². The zero-order valence-corrected chi connectivity index (χ0v) is 55.2. The van der Waals surface area contributed by atoms with E-state index in [1.54, 1.807) is 0 Å². The Labute approximate surface area is 572 Å². The Morgan fingerprint density at radius 3 is 0.929 bits per heavy atom. The van der Waals surface area contributed by atoms with Crippen LogP contribution in [0.2, 0.25) is 0 Å². The third kappa shape index (κ3) is 7.58. The highest BCUT2D eigenvalue weighted by Crippen LogP contribution is 2.72. The Hall–Kier alpha value is -11.8. The van der Waals surface area contributed by atoms with Crippen molar-refractivity contribution in [3.8, 4) is 44.5 Å². The first kappa shape index (κ1) is 56.5. The van der Waals surface area contributed by atoms with E-state index in [0.29, 0.717) is 0 Å². The topological polar surface area (TPSA) is 6.48 Å². The molecule has 2 unspecified atom stereocenters. The average molecular weight is 1250 g/mol. The fourth-order valence-electron chi connectivity index (χ4n) is 19.0. The molecule has 20 rings (SSSR count). The van der Waals surface area contributed by atoms with Gasteiger partial charge in [0, 0.05) is 44.4 Å². The molecule has 98 heavy (non-hydrogen) atoms. The summed E-state index contributed by atoms with van der Waals surface area (Å²) < 4.78 is 0. The van der Waals surface area contributed by atoms with Crippen LogP contribution in [-0.4, -0.2) is 0 Å². The van der Waals surface area contributed by atoms with Crippen molar-refractivity contribution in [2.75, 3.05) is 9.80 Å². The van der Waals surface area contributed by atoms with Gasteiger partial charge in [0.1, 0.15) is 0 Å². The molecule has 2 heteroatoms. The Morgan fingerprint density at radius 1 is 0.204 bits per heavy atom. The lowest BCUT2D eigenvalue weighted by Gasteiger charge is -2.51. The summed E-state index contributed by atoms with van der Waals surface area (Å²) >= 11 is 0. The molecule has 16 aromatic carbocycles. The van der Waals surface area contributed by atoms with Gasteiger partial charge in [0.2, 0.25) is 0 Å². The molecule has 4 aliphatic carbocycles. The molecule has 2 nitrogen and oxygen atoms in total. The minimum atomic E-state index is -0.963. The molecular formula is C96H68N2. The molecule has 0 aliphatic heterocycles. The third-order valence-electron chi connectivity index (χ3n) is 23.1. The minimum absolute atomic E-state index is 0.234. The van der Waals surface area contributed by atoms with Gasteiger partial charge in [-0.3, -0.25) is 0 Å². The molecule has 0 saturated carbocycles. The van der Waals surface area contributed by atoms with Crippen molar-refractivity contribution in [2.45, 2.75) is 49.4 Å². The molecule has 0 saturated heterocycles. The molecule has 4 aliphatic rings. The van der Waals surface area contributed by atoms with Crippen LogP contribution >= 0.6 is 0 Å². The monoisotopic (exact) mass is 1250 g/mol. The molecule has 2 atom stereocenters. The molecule has 462 valence electrons. The Morgan fingerprint density at radius 2 is 0.510 bits per heavy atom. The van der Waals surface area contributed by atoms with E-state index in [1.165, 1.54) is 143 Å². The lowest BCUT2D eigenvalue weighted by molar-refractivity contribution is 0.438. The van der Waals surface area contributed by atoms with Crippen molar-refractivity contribution < 1.29 is 0 Å². The number of fused-ring (bicyclic) bond motifs is 18. The molecule has 0 bridgehead atoms. The molecule has 16 aromatic rings. The second kappa shape index (κ2) is 20.8. The first-order valence-corrected chi connectivity index (χ1v) is 34.6. The standard InChI is InChI=1S/C96H68N2/c1-93(2)81-43-23-19-35-71(81)73-53-51-69(57-85(73)93)97(67-49-47-61-27-11-13-29-63(61)55-67)89-59-87-91(77-39-17-15-37-75(77)89)79-41-21-25-45-83(79)95(87,65-31-7-5-8-32-65)96(66-33-9-6-10-34-66)84-46-26-22-42-80(84)92-78-40-18-16-38-76(78)90(60-88(92)96)98(68-50-48-62-28-12-14-30-64(62)56-68)70-52-54-74-72-36-20-24-44-82(72)94(3,4)86(74)58-70/h5-60H,1-4H3. The number of nitrogens with zero attached hydrogens (tertiary/aromatic N) is 2. The van der Waals surface area contributed by atoms with Crippen molar-refractivity contribution in [3.63, 3.8) is 0 Å². The number of hydrogen-bond donors (Lipinski definition) is 0. The molecule has 0 radical (unpaired) electrons. The zero-order chi connectivity index (χ0) is 65.2. The largest absolute Gasteiger partial charge is 0.310 e. The van der Waals surface area contributed by atoms with Gasteiger partial charge >= 0.3 is 0 Å². The summed E-state index contributed by atoms with van der Waals surface area (Å²) in [5.74, 6) is 0. The normalized spacial score (nSPS) is 16.8. The van der Waals surface area contributed by atoms with Crippen LogP contribution in [0.3, 0.4) is 0 Å². The second-order valence-electron chi connectivity index (χ2n) is 28.6. The SMILES string of the molecule is CC1(C)c2ccccc2-c2ccc(N(c3ccc4ccccc4c3)c3cc4c(c5ccccc35)-c3ccccc3C4(c3ccccc3)C3(c4ccccc4)c4ccccc4-c4c3cc(N(c3ccc5c(c3)C(C)(C)c3ccccc3-5)c3ccc5ccccc5c3)c3ccccc43)cc21. The zero-order valence-electron chi connectivity index (χ0n) is 55.2.